The van der Waals surface area contributed by atoms with Crippen LogP contribution in [0.5, 0.6) is 5.75 Å². The highest BCUT2D eigenvalue weighted by atomic mass is 127. The Bertz CT molecular complexity index is 715. The summed E-state index contributed by atoms with van der Waals surface area (Å²) in [5.41, 5.74) is 1.89. The van der Waals surface area contributed by atoms with Gasteiger partial charge in [-0.2, -0.15) is 0 Å². The number of aromatic nitrogens is 1. The van der Waals surface area contributed by atoms with Gasteiger partial charge in [-0.25, -0.2) is 0 Å². The van der Waals surface area contributed by atoms with Gasteiger partial charge in [0.25, 0.3) is 5.56 Å². The first-order valence-electron chi connectivity index (χ1n) is 6.89. The lowest BCUT2D eigenvalue weighted by Crippen LogP contribution is -2.23. The molecule has 0 saturated carbocycles. The van der Waals surface area contributed by atoms with Crippen molar-refractivity contribution >= 4 is 38.5 Å². The van der Waals surface area contributed by atoms with Crippen LogP contribution >= 0.6 is 38.5 Å². The van der Waals surface area contributed by atoms with Gasteiger partial charge in [0.15, 0.2) is 0 Å². The molecule has 0 N–H and O–H groups in total. The summed E-state index contributed by atoms with van der Waals surface area (Å²) in [5, 5.41) is 0. The van der Waals surface area contributed by atoms with Gasteiger partial charge in [-0.1, -0.05) is 0 Å². The van der Waals surface area contributed by atoms with Gasteiger partial charge in [-0.15, -0.1) is 0 Å². The van der Waals surface area contributed by atoms with Crippen LogP contribution in [0.1, 0.15) is 6.92 Å². The Hall–Kier alpha value is -0.860. The van der Waals surface area contributed by atoms with Gasteiger partial charge in [-0.3, -0.25) is 4.79 Å². The van der Waals surface area contributed by atoms with E-state index < -0.39 is 0 Å². The second kappa shape index (κ2) is 8.12. The smallest absolute Gasteiger partial charge is 0.264 e. The number of hydrogen-bond donors (Lipinski definition) is 0. The fourth-order valence-electron chi connectivity index (χ4n) is 2.14. The van der Waals surface area contributed by atoms with Crippen LogP contribution in [0.3, 0.4) is 0 Å². The minimum absolute atomic E-state index is 0.0351. The van der Waals surface area contributed by atoms with Gasteiger partial charge in [0.05, 0.1) is 15.9 Å². The number of hydrogen-bond acceptors (Lipinski definition) is 3. The number of halogens is 2. The van der Waals surface area contributed by atoms with E-state index in [9.17, 15) is 4.79 Å². The molecule has 0 aliphatic heterocycles. The predicted molar refractivity (Wildman–Crippen MR) is 99.6 cm³/mol. The Morgan fingerprint density at radius 1 is 1.23 bits per heavy atom. The van der Waals surface area contributed by atoms with E-state index in [1.165, 1.54) is 0 Å². The summed E-state index contributed by atoms with van der Waals surface area (Å²) >= 11 is 5.64. The molecule has 4 nitrogen and oxygen atoms in total. The molecule has 22 heavy (non-hydrogen) atoms. The number of rotatable bonds is 6. The molecular weight excluding hydrogens is 461 g/mol. The molecule has 1 aromatic carbocycles. The molecule has 0 radical (unpaired) electrons. The van der Waals surface area contributed by atoms with Gasteiger partial charge in [0, 0.05) is 23.7 Å². The van der Waals surface area contributed by atoms with Crippen LogP contribution in [0.25, 0.3) is 11.3 Å². The molecule has 0 fully saturated rings. The van der Waals surface area contributed by atoms with Crippen LogP contribution in [0, 0.1) is 3.57 Å². The van der Waals surface area contributed by atoms with Gasteiger partial charge in [0.1, 0.15) is 12.4 Å². The predicted octanol–water partition coefficient (Wildman–Crippen LogP) is 3.93. The van der Waals surface area contributed by atoms with Crippen molar-refractivity contribution in [2.45, 2.75) is 13.5 Å². The van der Waals surface area contributed by atoms with E-state index in [0.29, 0.717) is 19.8 Å². The van der Waals surface area contributed by atoms with Crippen molar-refractivity contribution in [1.82, 2.24) is 4.57 Å². The Morgan fingerprint density at radius 2 is 2.00 bits per heavy atom. The van der Waals surface area contributed by atoms with Gasteiger partial charge in [0.2, 0.25) is 0 Å². The Kier molecular flexibility index (Phi) is 6.46. The monoisotopic (exact) mass is 477 g/mol. The lowest BCUT2D eigenvalue weighted by molar-refractivity contribution is 0.146. The van der Waals surface area contributed by atoms with E-state index in [2.05, 4.69) is 38.5 Å². The molecule has 0 spiro atoms. The first kappa shape index (κ1) is 17.5. The molecule has 0 amide bonds. The third-order valence-electron chi connectivity index (χ3n) is 3.22. The molecule has 1 heterocycles. The Morgan fingerprint density at radius 3 is 2.64 bits per heavy atom. The SMILES string of the molecule is CCn1c(-c2ccc(OCCOC)cc2Br)ccc(I)c1=O. The molecule has 0 bridgehead atoms. The van der Waals surface area contributed by atoms with Crippen LogP contribution in [0.15, 0.2) is 39.6 Å². The van der Waals surface area contributed by atoms with Crippen LogP contribution in [0.4, 0.5) is 0 Å². The van der Waals surface area contributed by atoms with Crippen molar-refractivity contribution in [3.63, 3.8) is 0 Å². The van der Waals surface area contributed by atoms with E-state index in [1.54, 1.807) is 11.7 Å². The van der Waals surface area contributed by atoms with E-state index in [0.717, 1.165) is 25.0 Å². The van der Waals surface area contributed by atoms with Crippen molar-refractivity contribution < 1.29 is 9.47 Å². The largest absolute Gasteiger partial charge is 0.491 e. The maximum absolute atomic E-state index is 12.2. The molecular formula is C16H17BrINO3. The second-order valence-electron chi connectivity index (χ2n) is 4.60. The highest BCUT2D eigenvalue weighted by molar-refractivity contribution is 14.1. The highest BCUT2D eigenvalue weighted by Gasteiger charge is 2.11. The maximum Gasteiger partial charge on any atom is 0.264 e. The molecule has 1 aromatic heterocycles. The maximum atomic E-state index is 12.2. The standard InChI is InChI=1S/C16H17BrINO3/c1-3-19-15(7-6-14(18)16(19)20)12-5-4-11(10-13(12)17)22-9-8-21-2/h4-7,10H,3,8-9H2,1-2H3. The molecule has 2 rings (SSSR count). The summed E-state index contributed by atoms with van der Waals surface area (Å²) in [6.07, 6.45) is 0. The van der Waals surface area contributed by atoms with Crippen LogP contribution < -0.4 is 10.3 Å². The number of benzene rings is 1. The normalized spacial score (nSPS) is 10.7. The second-order valence-corrected chi connectivity index (χ2v) is 6.62. The molecule has 2 aromatic rings. The first-order valence-corrected chi connectivity index (χ1v) is 8.76. The minimum Gasteiger partial charge on any atom is -0.491 e. The third-order valence-corrected chi connectivity index (χ3v) is 4.69. The molecule has 0 saturated heterocycles. The lowest BCUT2D eigenvalue weighted by Gasteiger charge is -2.14. The number of methoxy groups -OCH3 is 1. The van der Waals surface area contributed by atoms with Crippen molar-refractivity contribution in [1.29, 1.82) is 0 Å². The zero-order chi connectivity index (χ0) is 16.1. The van der Waals surface area contributed by atoms with Crippen molar-refractivity contribution in [2.24, 2.45) is 0 Å². The first-order chi connectivity index (χ1) is 10.6. The quantitative estimate of drug-likeness (QED) is 0.467. The minimum atomic E-state index is 0.0351. The van der Waals surface area contributed by atoms with Crippen molar-refractivity contribution in [2.75, 3.05) is 20.3 Å². The third kappa shape index (κ3) is 3.91. The summed E-state index contributed by atoms with van der Waals surface area (Å²) in [5.74, 6) is 0.767. The molecule has 0 aliphatic carbocycles. The van der Waals surface area contributed by atoms with Crippen LogP contribution in [-0.2, 0) is 11.3 Å². The average Bonchev–Trinajstić information content (AvgIpc) is 2.51. The van der Waals surface area contributed by atoms with Gasteiger partial charge in [-0.05, 0) is 75.8 Å². The summed E-state index contributed by atoms with van der Waals surface area (Å²) < 4.78 is 13.9. The average molecular weight is 478 g/mol. The number of nitrogens with zero attached hydrogens (tertiary/aromatic N) is 1. The molecule has 0 atom stereocenters. The fraction of sp³-hybridized carbons (Fsp3) is 0.312. The summed E-state index contributed by atoms with van der Waals surface area (Å²) in [6, 6.07) is 9.59. The lowest BCUT2D eigenvalue weighted by atomic mass is 10.1. The molecule has 6 heteroatoms. The van der Waals surface area contributed by atoms with E-state index >= 15 is 0 Å². The zero-order valence-corrected chi connectivity index (χ0v) is 16.2. The Labute approximate surface area is 151 Å². The zero-order valence-electron chi connectivity index (χ0n) is 12.4. The van der Waals surface area contributed by atoms with Gasteiger partial charge >= 0.3 is 0 Å². The van der Waals surface area contributed by atoms with E-state index in [1.807, 2.05) is 37.3 Å². The van der Waals surface area contributed by atoms with Crippen molar-refractivity contribution in [3.8, 4) is 17.0 Å². The van der Waals surface area contributed by atoms with Crippen molar-refractivity contribution in [3.05, 3.63) is 48.7 Å². The molecule has 118 valence electrons. The van der Waals surface area contributed by atoms with Gasteiger partial charge < -0.3 is 14.0 Å². The molecule has 0 aliphatic rings. The highest BCUT2D eigenvalue weighted by Crippen LogP contribution is 2.31. The van der Waals surface area contributed by atoms with Crippen LogP contribution in [0.2, 0.25) is 0 Å². The van der Waals surface area contributed by atoms with E-state index in [-0.39, 0.29) is 5.56 Å². The summed E-state index contributed by atoms with van der Waals surface area (Å²) in [6.45, 7) is 3.65. The number of ether oxygens (including phenoxy) is 2. The Balaban J connectivity index is 2.38. The summed E-state index contributed by atoms with van der Waals surface area (Å²) in [4.78, 5) is 12.2. The van der Waals surface area contributed by atoms with E-state index in [4.69, 9.17) is 9.47 Å². The topological polar surface area (TPSA) is 40.5 Å². The summed E-state index contributed by atoms with van der Waals surface area (Å²) in [7, 11) is 1.64. The molecule has 0 unspecified atom stereocenters. The fourth-order valence-corrected chi connectivity index (χ4v) is 3.17. The van der Waals surface area contributed by atoms with Crippen LogP contribution in [-0.4, -0.2) is 24.9 Å². The number of pyridine rings is 1.